The van der Waals surface area contributed by atoms with Gasteiger partial charge in [-0.15, -0.1) is 0 Å². The Kier molecular flexibility index (Phi) is 2.14. The fourth-order valence-electron chi connectivity index (χ4n) is 0.837. The molecule has 1 aliphatic rings. The summed E-state index contributed by atoms with van der Waals surface area (Å²) in [6, 6.07) is 0. The van der Waals surface area contributed by atoms with Crippen molar-refractivity contribution in [1.82, 2.24) is 0 Å². The van der Waals surface area contributed by atoms with Crippen LogP contribution in [0.2, 0.25) is 6.82 Å². The van der Waals surface area contributed by atoms with E-state index in [1.165, 1.54) is 6.82 Å². The summed E-state index contributed by atoms with van der Waals surface area (Å²) >= 11 is 0. The first kappa shape index (κ1) is 8.07. The van der Waals surface area contributed by atoms with Crippen LogP contribution in [0.25, 0.3) is 0 Å². The highest BCUT2D eigenvalue weighted by Crippen LogP contribution is 2.10. The Morgan fingerprint density at radius 3 is 2.91 bits per heavy atom. The van der Waals surface area contributed by atoms with Gasteiger partial charge in [-0.2, -0.15) is 0 Å². The molecule has 6 heteroatoms. The van der Waals surface area contributed by atoms with Gasteiger partial charge in [0.15, 0.2) is 6.10 Å². The van der Waals surface area contributed by atoms with Gasteiger partial charge in [-0.1, -0.05) is 0 Å². The number of hydrogen-bond acceptors (Lipinski definition) is 4. The van der Waals surface area contributed by atoms with Crippen molar-refractivity contribution in [2.24, 2.45) is 0 Å². The van der Waals surface area contributed by atoms with Gasteiger partial charge < -0.3 is 14.4 Å². The van der Waals surface area contributed by atoms with Crippen LogP contribution in [0.3, 0.4) is 0 Å². The lowest BCUT2D eigenvalue weighted by Gasteiger charge is -2.21. The van der Waals surface area contributed by atoms with Crippen molar-refractivity contribution in [3.63, 3.8) is 0 Å². The van der Waals surface area contributed by atoms with E-state index in [-0.39, 0.29) is 6.42 Å². The fraction of sp³-hybridized carbons (Fsp3) is 0.600. The molecule has 1 fully saturated rings. The van der Waals surface area contributed by atoms with Gasteiger partial charge in [0.2, 0.25) is 0 Å². The van der Waals surface area contributed by atoms with Crippen molar-refractivity contribution in [3.05, 3.63) is 0 Å². The third-order valence-electron chi connectivity index (χ3n) is 1.28. The molecule has 1 N–H and O–H groups in total. The van der Waals surface area contributed by atoms with E-state index >= 15 is 0 Å². The average Bonchev–Trinajstić information content (AvgIpc) is 1.85. The molecule has 0 saturated carbocycles. The van der Waals surface area contributed by atoms with E-state index in [9.17, 15) is 9.59 Å². The van der Waals surface area contributed by atoms with Crippen LogP contribution in [0.4, 0.5) is 0 Å². The summed E-state index contributed by atoms with van der Waals surface area (Å²) in [6.07, 6.45) is -1.26. The standard InChI is InChI=1S/C5H7BO5/c1-6-10-3(5(8)9)2-4(7)11-6/h3H,2H2,1H3,(H,8,9). The van der Waals surface area contributed by atoms with Gasteiger partial charge >= 0.3 is 13.1 Å². The highest BCUT2D eigenvalue weighted by atomic mass is 16.6. The van der Waals surface area contributed by atoms with Crippen LogP contribution in [0, 0.1) is 0 Å². The van der Waals surface area contributed by atoms with Crippen molar-refractivity contribution < 1.29 is 24.0 Å². The van der Waals surface area contributed by atoms with Crippen molar-refractivity contribution in [1.29, 1.82) is 0 Å². The minimum absolute atomic E-state index is 0.209. The largest absolute Gasteiger partial charge is 0.524 e. The topological polar surface area (TPSA) is 72.8 Å². The molecular weight excluding hydrogens is 151 g/mol. The van der Waals surface area contributed by atoms with Crippen molar-refractivity contribution >= 4 is 19.1 Å². The number of carboxylic acid groups (broad SMARTS) is 1. The van der Waals surface area contributed by atoms with Crippen LogP contribution in [-0.2, 0) is 18.9 Å². The Balaban J connectivity index is 2.56. The van der Waals surface area contributed by atoms with E-state index in [2.05, 4.69) is 4.65 Å². The summed E-state index contributed by atoms with van der Waals surface area (Å²) in [7, 11) is -0.752. The molecule has 1 rings (SSSR count). The molecule has 11 heavy (non-hydrogen) atoms. The Hall–Kier alpha value is -1.04. The van der Waals surface area contributed by atoms with Crippen LogP contribution in [-0.4, -0.2) is 30.3 Å². The molecule has 0 aromatic rings. The Morgan fingerprint density at radius 2 is 2.45 bits per heavy atom. The quantitative estimate of drug-likeness (QED) is 0.521. The molecule has 1 heterocycles. The molecule has 1 atom stereocenters. The zero-order chi connectivity index (χ0) is 8.43. The second kappa shape index (κ2) is 2.92. The van der Waals surface area contributed by atoms with Crippen LogP contribution in [0.1, 0.15) is 6.42 Å². The van der Waals surface area contributed by atoms with Crippen LogP contribution in [0.15, 0.2) is 0 Å². The summed E-state index contributed by atoms with van der Waals surface area (Å²) in [5.41, 5.74) is 0. The number of rotatable bonds is 1. The molecule has 1 saturated heterocycles. The first-order valence-corrected chi connectivity index (χ1v) is 3.17. The van der Waals surface area contributed by atoms with Crippen molar-refractivity contribution in [2.75, 3.05) is 0 Å². The summed E-state index contributed by atoms with van der Waals surface area (Å²) in [6.45, 7) is 1.48. The van der Waals surface area contributed by atoms with E-state index in [4.69, 9.17) is 9.76 Å². The first-order chi connectivity index (χ1) is 5.09. The molecule has 0 spiro atoms. The van der Waals surface area contributed by atoms with E-state index in [1.54, 1.807) is 0 Å². The maximum atomic E-state index is 10.6. The minimum atomic E-state index is -1.13. The molecule has 0 aliphatic carbocycles. The number of carbonyl (C=O) groups is 2. The SMILES string of the molecule is CB1OC(=O)CC(C(=O)O)O1. The molecule has 0 aromatic heterocycles. The van der Waals surface area contributed by atoms with Gasteiger partial charge in [0.05, 0.1) is 6.42 Å². The predicted molar refractivity (Wildman–Crippen MR) is 34.8 cm³/mol. The van der Waals surface area contributed by atoms with E-state index in [0.717, 1.165) is 0 Å². The highest BCUT2D eigenvalue weighted by molar-refractivity contribution is 6.46. The molecule has 0 aromatic carbocycles. The third kappa shape index (κ3) is 1.94. The maximum absolute atomic E-state index is 10.6. The van der Waals surface area contributed by atoms with Gasteiger partial charge in [0, 0.05) is 0 Å². The molecule has 0 radical (unpaired) electrons. The monoisotopic (exact) mass is 158 g/mol. The molecule has 0 bridgehead atoms. The lowest BCUT2D eigenvalue weighted by Crippen LogP contribution is -2.41. The fourth-order valence-corrected chi connectivity index (χ4v) is 0.837. The molecular formula is C5H7BO5. The zero-order valence-electron chi connectivity index (χ0n) is 5.94. The average molecular weight is 158 g/mol. The number of aliphatic carboxylic acids is 1. The summed E-state index contributed by atoms with van der Waals surface area (Å²) in [5.74, 6) is -1.66. The van der Waals surface area contributed by atoms with Gasteiger partial charge in [-0.3, -0.25) is 4.79 Å². The van der Waals surface area contributed by atoms with Crippen LogP contribution in [0.5, 0.6) is 0 Å². The molecule has 1 unspecified atom stereocenters. The minimum Gasteiger partial charge on any atom is -0.510 e. The van der Waals surface area contributed by atoms with E-state index < -0.39 is 25.2 Å². The second-order valence-electron chi connectivity index (χ2n) is 2.22. The number of carboxylic acids is 1. The van der Waals surface area contributed by atoms with Crippen molar-refractivity contribution in [2.45, 2.75) is 19.3 Å². The van der Waals surface area contributed by atoms with E-state index in [0.29, 0.717) is 0 Å². The van der Waals surface area contributed by atoms with Crippen molar-refractivity contribution in [3.8, 4) is 0 Å². The van der Waals surface area contributed by atoms with Gasteiger partial charge in [-0.25, -0.2) is 4.79 Å². The van der Waals surface area contributed by atoms with Gasteiger partial charge in [-0.05, 0) is 6.82 Å². The lowest BCUT2D eigenvalue weighted by atomic mass is 9.92. The maximum Gasteiger partial charge on any atom is 0.524 e. The summed E-state index contributed by atoms with van der Waals surface area (Å²) < 4.78 is 9.32. The lowest BCUT2D eigenvalue weighted by molar-refractivity contribution is -0.156. The molecule has 1 aliphatic heterocycles. The summed E-state index contributed by atoms with van der Waals surface area (Å²) in [5, 5.41) is 8.44. The number of hydrogen-bond donors (Lipinski definition) is 1. The Bertz CT molecular complexity index is 191. The Morgan fingerprint density at radius 1 is 1.82 bits per heavy atom. The highest BCUT2D eigenvalue weighted by Gasteiger charge is 2.34. The second-order valence-corrected chi connectivity index (χ2v) is 2.22. The third-order valence-corrected chi connectivity index (χ3v) is 1.28. The molecule has 0 amide bonds. The summed E-state index contributed by atoms with van der Waals surface area (Å²) in [4.78, 5) is 20.9. The van der Waals surface area contributed by atoms with Crippen LogP contribution < -0.4 is 0 Å². The van der Waals surface area contributed by atoms with Crippen LogP contribution >= 0.6 is 0 Å². The van der Waals surface area contributed by atoms with E-state index in [1.807, 2.05) is 0 Å². The zero-order valence-corrected chi connectivity index (χ0v) is 5.94. The number of carbonyl (C=O) groups excluding carboxylic acids is 1. The normalized spacial score (nSPS) is 24.6. The first-order valence-electron chi connectivity index (χ1n) is 3.17. The van der Waals surface area contributed by atoms with Gasteiger partial charge in [0.25, 0.3) is 5.97 Å². The molecule has 60 valence electrons. The Labute approximate surface area is 63.4 Å². The smallest absolute Gasteiger partial charge is 0.510 e. The van der Waals surface area contributed by atoms with Gasteiger partial charge in [0.1, 0.15) is 0 Å². The molecule has 5 nitrogen and oxygen atoms in total. The predicted octanol–water partition coefficient (Wildman–Crippen LogP) is -0.479.